The van der Waals surface area contributed by atoms with Crippen molar-refractivity contribution in [2.75, 3.05) is 18.9 Å². The number of esters is 1. The van der Waals surface area contributed by atoms with Gasteiger partial charge in [-0.2, -0.15) is 0 Å². The average molecular weight is 340 g/mol. The summed E-state index contributed by atoms with van der Waals surface area (Å²) in [5, 5.41) is 2.27. The van der Waals surface area contributed by atoms with Gasteiger partial charge in [0.1, 0.15) is 17.2 Å². The van der Waals surface area contributed by atoms with E-state index in [2.05, 4.69) is 5.32 Å². The van der Waals surface area contributed by atoms with Gasteiger partial charge in [-0.1, -0.05) is 6.92 Å². The third-order valence-electron chi connectivity index (χ3n) is 3.34. The summed E-state index contributed by atoms with van der Waals surface area (Å²) in [4.78, 5) is 37.1. The van der Waals surface area contributed by atoms with Crippen molar-refractivity contribution in [2.24, 2.45) is 0 Å². The minimum Gasteiger partial charge on any atom is -0.466 e. The second-order valence-corrected chi connectivity index (χ2v) is 6.21. The number of rotatable bonds is 6. The van der Waals surface area contributed by atoms with E-state index >= 15 is 0 Å². The molecule has 0 aliphatic carbocycles. The van der Waals surface area contributed by atoms with Crippen LogP contribution >= 0.6 is 11.8 Å². The van der Waals surface area contributed by atoms with Crippen LogP contribution < -0.4 is 5.32 Å². The van der Waals surface area contributed by atoms with Gasteiger partial charge in [0.15, 0.2) is 6.61 Å². The Hall–Kier alpha value is -1.96. The molecular weight excluding hydrogens is 320 g/mol. The second-order valence-electron chi connectivity index (χ2n) is 5.10. The molecule has 2 atom stereocenters. The van der Waals surface area contributed by atoms with E-state index < -0.39 is 12.0 Å². The van der Waals surface area contributed by atoms with Crippen molar-refractivity contribution in [3.8, 4) is 0 Å². The smallest absolute Gasteiger partial charge is 0.330 e. The maximum absolute atomic E-state index is 12.2. The Bertz CT molecular complexity index is 560. The molecule has 1 saturated heterocycles. The van der Waals surface area contributed by atoms with E-state index in [0.29, 0.717) is 18.1 Å². The molecule has 0 bridgehead atoms. The fourth-order valence-electron chi connectivity index (χ4n) is 2.27. The highest BCUT2D eigenvalue weighted by Gasteiger charge is 2.43. The molecule has 0 radical (unpaired) electrons. The number of nitrogens with one attached hydrogen (secondary N) is 1. The number of hydrogen-bond donors (Lipinski definition) is 1. The highest BCUT2D eigenvalue weighted by Crippen LogP contribution is 2.41. The molecule has 1 aromatic heterocycles. The van der Waals surface area contributed by atoms with Crippen molar-refractivity contribution in [3.63, 3.8) is 0 Å². The van der Waals surface area contributed by atoms with Gasteiger partial charge in [0.2, 0.25) is 5.91 Å². The fraction of sp³-hybridized carbons (Fsp3) is 0.533. The third kappa shape index (κ3) is 4.28. The van der Waals surface area contributed by atoms with Gasteiger partial charge in [-0.3, -0.25) is 9.59 Å². The predicted octanol–water partition coefficient (Wildman–Crippen LogP) is 1.31. The average Bonchev–Trinajstić information content (AvgIpc) is 3.18. The Kier molecular flexibility index (Phi) is 6.09. The first-order valence-corrected chi connectivity index (χ1v) is 8.46. The maximum atomic E-state index is 12.2. The highest BCUT2D eigenvalue weighted by molar-refractivity contribution is 7.99. The van der Waals surface area contributed by atoms with Crippen molar-refractivity contribution in [1.29, 1.82) is 0 Å². The number of carbonyl (C=O) groups is 3. The summed E-state index contributed by atoms with van der Waals surface area (Å²) in [5.74, 6) is -0.147. The van der Waals surface area contributed by atoms with Crippen LogP contribution in [0.15, 0.2) is 22.8 Å². The van der Waals surface area contributed by atoms with Crippen molar-refractivity contribution in [3.05, 3.63) is 24.2 Å². The Balaban J connectivity index is 1.97. The molecule has 2 rings (SSSR count). The van der Waals surface area contributed by atoms with E-state index in [4.69, 9.17) is 9.15 Å². The third-order valence-corrected chi connectivity index (χ3v) is 4.62. The van der Waals surface area contributed by atoms with E-state index in [1.54, 1.807) is 12.1 Å². The Labute approximate surface area is 138 Å². The Morgan fingerprint density at radius 2 is 2.26 bits per heavy atom. The molecule has 126 valence electrons. The minimum atomic E-state index is -0.716. The lowest BCUT2D eigenvalue weighted by atomic mass is 10.2. The van der Waals surface area contributed by atoms with E-state index in [0.717, 1.165) is 6.42 Å². The number of ether oxygens (including phenoxy) is 1. The fourth-order valence-corrected chi connectivity index (χ4v) is 3.69. The monoisotopic (exact) mass is 340 g/mol. The topological polar surface area (TPSA) is 88.8 Å². The van der Waals surface area contributed by atoms with Gasteiger partial charge < -0.3 is 19.4 Å². The second kappa shape index (κ2) is 8.05. The zero-order valence-corrected chi connectivity index (χ0v) is 13.9. The van der Waals surface area contributed by atoms with E-state index in [1.807, 2.05) is 6.92 Å². The molecule has 7 nitrogen and oxygen atoms in total. The van der Waals surface area contributed by atoms with Gasteiger partial charge in [0.25, 0.3) is 5.91 Å². The predicted molar refractivity (Wildman–Crippen MR) is 84.5 cm³/mol. The van der Waals surface area contributed by atoms with Gasteiger partial charge in [-0.05, 0) is 18.6 Å². The van der Waals surface area contributed by atoms with Gasteiger partial charge in [-0.25, -0.2) is 4.79 Å². The van der Waals surface area contributed by atoms with Crippen LogP contribution in [-0.2, 0) is 19.1 Å². The highest BCUT2D eigenvalue weighted by atomic mass is 32.2. The molecule has 1 N–H and O–H groups in total. The normalized spacial score (nSPS) is 20.3. The molecule has 1 aromatic rings. The zero-order valence-electron chi connectivity index (χ0n) is 13.1. The number of hydrogen-bond acceptors (Lipinski definition) is 6. The van der Waals surface area contributed by atoms with Crippen LogP contribution in [0.25, 0.3) is 0 Å². The van der Waals surface area contributed by atoms with Crippen LogP contribution in [0.2, 0.25) is 0 Å². The molecule has 0 saturated carbocycles. The van der Waals surface area contributed by atoms with Crippen LogP contribution in [0.1, 0.15) is 31.4 Å². The first-order chi connectivity index (χ1) is 11.0. The quantitative estimate of drug-likeness (QED) is 0.786. The number of nitrogens with zero attached hydrogens (tertiary/aromatic N) is 1. The van der Waals surface area contributed by atoms with Crippen LogP contribution in [0.5, 0.6) is 0 Å². The maximum Gasteiger partial charge on any atom is 0.330 e. The lowest BCUT2D eigenvalue weighted by Gasteiger charge is -2.25. The van der Waals surface area contributed by atoms with Crippen LogP contribution in [0.4, 0.5) is 0 Å². The van der Waals surface area contributed by atoms with Crippen LogP contribution in [-0.4, -0.2) is 47.6 Å². The molecule has 2 heterocycles. The van der Waals surface area contributed by atoms with Gasteiger partial charge in [-0.15, -0.1) is 11.8 Å². The summed E-state index contributed by atoms with van der Waals surface area (Å²) in [6.45, 7) is 3.53. The zero-order chi connectivity index (χ0) is 16.8. The number of carbonyl (C=O) groups excluding carboxylic acids is 3. The Morgan fingerprint density at radius 1 is 1.48 bits per heavy atom. The summed E-state index contributed by atoms with van der Waals surface area (Å²) < 4.78 is 10.4. The molecule has 0 spiro atoms. The van der Waals surface area contributed by atoms with Crippen molar-refractivity contribution in [2.45, 2.75) is 31.7 Å². The lowest BCUT2D eigenvalue weighted by Crippen LogP contribution is -2.43. The van der Waals surface area contributed by atoms with E-state index in [1.165, 1.54) is 29.8 Å². The first kappa shape index (κ1) is 17.4. The van der Waals surface area contributed by atoms with Crippen molar-refractivity contribution in [1.82, 2.24) is 10.2 Å². The number of thioether (sulfide) groups is 1. The Morgan fingerprint density at radius 3 is 2.87 bits per heavy atom. The molecular formula is C15H20N2O5S. The standard InChI is InChI=1S/C15H20N2O5S/c1-3-6-16-13(19)8-22-15(20)11-9-23-14(17(11)10(2)18)12-5-4-7-21-12/h4-5,7,11,14H,3,6,8-9H2,1-2H3,(H,16,19)/t11-,14-/m0/s1. The molecule has 1 fully saturated rings. The SMILES string of the molecule is CCCNC(=O)COC(=O)[C@@H]1CS[C@@H](c2ccco2)N1C(C)=O. The van der Waals surface area contributed by atoms with E-state index in [9.17, 15) is 14.4 Å². The van der Waals surface area contributed by atoms with Gasteiger partial charge >= 0.3 is 5.97 Å². The molecule has 2 amide bonds. The van der Waals surface area contributed by atoms with Crippen LogP contribution in [0.3, 0.4) is 0 Å². The van der Waals surface area contributed by atoms with Crippen LogP contribution in [0, 0.1) is 0 Å². The molecule has 0 unspecified atom stereocenters. The summed E-state index contributed by atoms with van der Waals surface area (Å²) in [6.07, 6.45) is 2.33. The van der Waals surface area contributed by atoms with Gasteiger partial charge in [0.05, 0.1) is 6.26 Å². The van der Waals surface area contributed by atoms with Crippen molar-refractivity contribution < 1.29 is 23.5 Å². The summed E-state index contributed by atoms with van der Waals surface area (Å²) in [7, 11) is 0. The number of furan rings is 1. The van der Waals surface area contributed by atoms with Crippen molar-refractivity contribution >= 4 is 29.5 Å². The summed E-state index contributed by atoms with van der Waals surface area (Å²) in [5.41, 5.74) is 0. The van der Waals surface area contributed by atoms with E-state index in [-0.39, 0.29) is 23.8 Å². The lowest BCUT2D eigenvalue weighted by molar-refractivity contribution is -0.156. The molecule has 0 aromatic carbocycles. The minimum absolute atomic E-state index is 0.242. The molecule has 1 aliphatic rings. The molecule has 8 heteroatoms. The molecule has 23 heavy (non-hydrogen) atoms. The number of amides is 2. The molecule has 1 aliphatic heterocycles. The first-order valence-electron chi connectivity index (χ1n) is 7.41. The summed E-state index contributed by atoms with van der Waals surface area (Å²) in [6, 6.07) is 2.78. The largest absolute Gasteiger partial charge is 0.466 e. The van der Waals surface area contributed by atoms with Gasteiger partial charge in [0, 0.05) is 19.2 Å². The summed E-state index contributed by atoms with van der Waals surface area (Å²) >= 11 is 1.43.